The summed E-state index contributed by atoms with van der Waals surface area (Å²) in [6, 6.07) is 12.0. The van der Waals surface area contributed by atoms with Crippen LogP contribution in [0.15, 0.2) is 36.4 Å². The first-order valence-electron chi connectivity index (χ1n) is 7.67. The quantitative estimate of drug-likeness (QED) is 0.734. The number of benzene rings is 1. The van der Waals surface area contributed by atoms with E-state index in [0.29, 0.717) is 0 Å². The van der Waals surface area contributed by atoms with E-state index >= 15 is 0 Å². The molecule has 0 unspecified atom stereocenters. The van der Waals surface area contributed by atoms with Crippen molar-refractivity contribution in [1.29, 1.82) is 0 Å². The lowest BCUT2D eigenvalue weighted by molar-refractivity contribution is -0.527. The van der Waals surface area contributed by atoms with Gasteiger partial charge in [-0.15, -0.1) is 0 Å². The zero-order chi connectivity index (χ0) is 15.8. The van der Waals surface area contributed by atoms with Gasteiger partial charge in [0, 0.05) is 13.1 Å². The van der Waals surface area contributed by atoms with Gasteiger partial charge in [-0.2, -0.15) is 4.40 Å². The average molecular weight is 328 g/mol. The lowest BCUT2D eigenvalue weighted by Crippen LogP contribution is -2.37. The van der Waals surface area contributed by atoms with Crippen molar-refractivity contribution in [2.45, 2.75) is 6.92 Å². The molecule has 1 fully saturated rings. The molecular weight excluding hydrogens is 310 g/mol. The summed E-state index contributed by atoms with van der Waals surface area (Å²) in [5, 5.41) is 10.6. The first kappa shape index (κ1) is 14.4. The van der Waals surface area contributed by atoms with Crippen molar-refractivity contribution in [1.82, 2.24) is 4.98 Å². The molecule has 23 heavy (non-hydrogen) atoms. The van der Waals surface area contributed by atoms with Gasteiger partial charge in [-0.1, -0.05) is 30.3 Å². The SMILES string of the molecule is Cc1cc(N2CCOCC2)nc2sc(-c3ccccc3)c(O)[n+]12. The second-order valence-electron chi connectivity index (χ2n) is 5.59. The molecule has 0 amide bonds. The maximum atomic E-state index is 10.6. The summed E-state index contributed by atoms with van der Waals surface area (Å²) in [5.74, 6) is 1.21. The molecule has 6 heteroatoms. The van der Waals surface area contributed by atoms with E-state index < -0.39 is 0 Å². The highest BCUT2D eigenvalue weighted by atomic mass is 32.1. The van der Waals surface area contributed by atoms with Crippen LogP contribution in [0.4, 0.5) is 5.82 Å². The standard InChI is InChI=1S/C17H17N3O2S/c1-12-11-14(19-7-9-22-10-8-19)18-17-20(12)16(21)15(23-17)13-5-3-2-4-6-13/h2-6,11H,7-10H2,1H3/p+1. The van der Waals surface area contributed by atoms with E-state index in [0.717, 1.165) is 53.2 Å². The van der Waals surface area contributed by atoms with Gasteiger partial charge in [0.2, 0.25) is 5.82 Å². The molecule has 3 heterocycles. The number of anilines is 1. The van der Waals surface area contributed by atoms with E-state index in [9.17, 15) is 5.11 Å². The van der Waals surface area contributed by atoms with Crippen LogP contribution in [-0.4, -0.2) is 36.4 Å². The molecule has 5 nitrogen and oxygen atoms in total. The number of nitrogens with zero attached hydrogens (tertiary/aromatic N) is 3. The fraction of sp³-hybridized carbons (Fsp3) is 0.294. The monoisotopic (exact) mass is 328 g/mol. The fourth-order valence-electron chi connectivity index (χ4n) is 2.88. The van der Waals surface area contributed by atoms with Gasteiger partial charge in [0.1, 0.15) is 10.6 Å². The van der Waals surface area contributed by atoms with Crippen molar-refractivity contribution < 1.29 is 14.2 Å². The Bertz CT molecular complexity index is 842. The zero-order valence-corrected chi connectivity index (χ0v) is 13.7. The molecule has 0 atom stereocenters. The molecule has 1 saturated heterocycles. The fourth-order valence-corrected chi connectivity index (χ4v) is 3.96. The molecule has 0 saturated carbocycles. The van der Waals surface area contributed by atoms with Crippen LogP contribution in [0.3, 0.4) is 0 Å². The van der Waals surface area contributed by atoms with Gasteiger partial charge in [0.15, 0.2) is 0 Å². The van der Waals surface area contributed by atoms with Gasteiger partial charge < -0.3 is 14.7 Å². The lowest BCUT2D eigenvalue weighted by Gasteiger charge is -2.25. The van der Waals surface area contributed by atoms with Crippen molar-refractivity contribution in [3.05, 3.63) is 42.1 Å². The highest BCUT2D eigenvalue weighted by Crippen LogP contribution is 2.34. The number of hydrogen-bond acceptors (Lipinski definition) is 5. The van der Waals surface area contributed by atoms with Gasteiger partial charge in [-0.25, -0.2) is 0 Å². The van der Waals surface area contributed by atoms with Crippen LogP contribution in [0.25, 0.3) is 15.4 Å². The molecule has 0 bridgehead atoms. The number of aryl methyl sites for hydroxylation is 1. The Morgan fingerprint density at radius 2 is 1.96 bits per heavy atom. The van der Waals surface area contributed by atoms with Crippen LogP contribution in [0.1, 0.15) is 5.69 Å². The third kappa shape index (κ3) is 2.54. The molecule has 1 aliphatic rings. The molecular formula is C17H18N3O2S+. The minimum absolute atomic E-state index is 0.259. The highest BCUT2D eigenvalue weighted by molar-refractivity contribution is 7.20. The maximum Gasteiger partial charge on any atom is 0.392 e. The predicted molar refractivity (Wildman–Crippen MR) is 90.1 cm³/mol. The number of thiazole rings is 1. The Morgan fingerprint density at radius 3 is 2.70 bits per heavy atom. The van der Waals surface area contributed by atoms with Gasteiger partial charge in [0.25, 0.3) is 0 Å². The molecule has 2 aromatic heterocycles. The van der Waals surface area contributed by atoms with Gasteiger partial charge in [-0.05, 0) is 28.8 Å². The van der Waals surface area contributed by atoms with Crippen LogP contribution in [0.5, 0.6) is 5.88 Å². The Kier molecular flexibility index (Phi) is 3.63. The van der Waals surface area contributed by atoms with E-state index in [1.54, 1.807) is 0 Å². The summed E-state index contributed by atoms with van der Waals surface area (Å²) in [6.45, 7) is 5.17. The first-order chi connectivity index (χ1) is 11.2. The van der Waals surface area contributed by atoms with Crippen LogP contribution < -0.4 is 9.30 Å². The molecule has 0 radical (unpaired) electrons. The highest BCUT2D eigenvalue weighted by Gasteiger charge is 2.26. The Hall–Kier alpha value is -2.18. The van der Waals surface area contributed by atoms with Crippen molar-refractivity contribution in [3.63, 3.8) is 0 Å². The summed E-state index contributed by atoms with van der Waals surface area (Å²) >= 11 is 1.51. The van der Waals surface area contributed by atoms with Crippen LogP contribution in [0, 0.1) is 6.92 Å². The molecule has 0 aliphatic carbocycles. The van der Waals surface area contributed by atoms with E-state index in [1.807, 2.05) is 47.7 Å². The normalized spacial score (nSPS) is 15.3. The lowest BCUT2D eigenvalue weighted by atomic mass is 10.2. The third-order valence-corrected chi connectivity index (χ3v) is 5.15. The maximum absolute atomic E-state index is 10.6. The number of ether oxygens (including phenoxy) is 1. The second kappa shape index (κ2) is 5.79. The summed E-state index contributed by atoms with van der Waals surface area (Å²) in [4.78, 5) is 8.65. The molecule has 1 N–H and O–H groups in total. The smallest absolute Gasteiger partial charge is 0.392 e. The van der Waals surface area contributed by atoms with Crippen molar-refractivity contribution in [2.75, 3.05) is 31.2 Å². The number of hydrogen-bond donors (Lipinski definition) is 1. The van der Waals surface area contributed by atoms with Gasteiger partial charge >= 0.3 is 10.8 Å². The predicted octanol–water partition coefficient (Wildman–Crippen LogP) is 2.40. The minimum Gasteiger partial charge on any atom is -0.476 e. The molecule has 4 rings (SSSR count). The van der Waals surface area contributed by atoms with Crippen molar-refractivity contribution >= 4 is 22.1 Å². The summed E-state index contributed by atoms with van der Waals surface area (Å²) in [7, 11) is 0. The van der Waals surface area contributed by atoms with E-state index in [2.05, 4.69) is 4.90 Å². The Morgan fingerprint density at radius 1 is 1.22 bits per heavy atom. The zero-order valence-electron chi connectivity index (χ0n) is 12.9. The Balaban J connectivity index is 1.84. The van der Waals surface area contributed by atoms with E-state index in [4.69, 9.17) is 9.72 Å². The van der Waals surface area contributed by atoms with Crippen molar-refractivity contribution in [3.8, 4) is 16.3 Å². The van der Waals surface area contributed by atoms with Gasteiger partial charge in [0.05, 0.1) is 19.3 Å². The number of fused-ring (bicyclic) bond motifs is 1. The molecule has 118 valence electrons. The number of morpholine rings is 1. The molecule has 1 aromatic carbocycles. The van der Waals surface area contributed by atoms with E-state index in [-0.39, 0.29) is 5.88 Å². The molecule has 0 spiro atoms. The van der Waals surface area contributed by atoms with Gasteiger partial charge in [-0.3, -0.25) is 0 Å². The first-order valence-corrected chi connectivity index (χ1v) is 8.49. The minimum atomic E-state index is 0.259. The second-order valence-corrected chi connectivity index (χ2v) is 6.57. The van der Waals surface area contributed by atoms with E-state index in [1.165, 1.54) is 11.3 Å². The molecule has 1 aliphatic heterocycles. The largest absolute Gasteiger partial charge is 0.476 e. The van der Waals surface area contributed by atoms with Crippen LogP contribution in [-0.2, 0) is 4.74 Å². The third-order valence-electron chi connectivity index (χ3n) is 4.07. The Labute approximate surface area is 138 Å². The van der Waals surface area contributed by atoms with Crippen molar-refractivity contribution in [2.24, 2.45) is 0 Å². The van der Waals surface area contributed by atoms with Crippen LogP contribution in [0.2, 0.25) is 0 Å². The average Bonchev–Trinajstić information content (AvgIpc) is 2.94. The number of rotatable bonds is 2. The summed E-state index contributed by atoms with van der Waals surface area (Å²) in [6.07, 6.45) is 0. The topological polar surface area (TPSA) is 49.7 Å². The summed E-state index contributed by atoms with van der Waals surface area (Å²) in [5.41, 5.74) is 1.99. The number of aromatic hydroxyl groups is 1. The van der Waals surface area contributed by atoms with Crippen LogP contribution >= 0.6 is 11.3 Å². The molecule has 3 aromatic rings. The number of aromatic nitrogens is 2. The summed E-state index contributed by atoms with van der Waals surface area (Å²) < 4.78 is 7.22.